The molecule has 6 heteroatoms. The number of carbonyl (C=O) groups excluding carboxylic acids is 1. The van der Waals surface area contributed by atoms with E-state index in [1.165, 1.54) is 11.3 Å². The molecule has 0 radical (unpaired) electrons. The zero-order valence-electron chi connectivity index (χ0n) is 19.8. The lowest BCUT2D eigenvalue weighted by Gasteiger charge is -2.39. The van der Waals surface area contributed by atoms with E-state index < -0.39 is 0 Å². The Hall–Kier alpha value is -2.05. The fourth-order valence-corrected chi connectivity index (χ4v) is 6.44. The number of ether oxygens (including phenoxy) is 2. The maximum absolute atomic E-state index is 13.1. The van der Waals surface area contributed by atoms with Crippen LogP contribution < -0.4 is 14.8 Å². The number of thiophene rings is 1. The van der Waals surface area contributed by atoms with Crippen molar-refractivity contribution in [3.8, 4) is 11.5 Å². The average Bonchev–Trinajstić information content (AvgIpc) is 3.32. The molecule has 32 heavy (non-hydrogen) atoms. The normalized spacial score (nSPS) is 23.9. The van der Waals surface area contributed by atoms with Gasteiger partial charge in [-0.2, -0.15) is 0 Å². The molecule has 2 heterocycles. The number of hydrogen-bond donors (Lipinski definition) is 1. The summed E-state index contributed by atoms with van der Waals surface area (Å²) in [7, 11) is 0. The van der Waals surface area contributed by atoms with Crippen molar-refractivity contribution in [2.45, 2.75) is 66.1 Å². The second-order valence-electron chi connectivity index (χ2n) is 10.4. The molecule has 1 aromatic carbocycles. The first-order chi connectivity index (χ1) is 15.3. The van der Waals surface area contributed by atoms with Crippen molar-refractivity contribution < 1.29 is 14.3 Å². The smallest absolute Gasteiger partial charge is 0.260 e. The van der Waals surface area contributed by atoms with E-state index in [-0.39, 0.29) is 17.9 Å². The number of hydrogen-bond acceptors (Lipinski definition) is 5. The van der Waals surface area contributed by atoms with Crippen LogP contribution in [0.3, 0.4) is 0 Å². The fourth-order valence-electron chi connectivity index (χ4n) is 5.77. The molecule has 2 aromatic rings. The van der Waals surface area contributed by atoms with Gasteiger partial charge in [-0.3, -0.25) is 4.79 Å². The van der Waals surface area contributed by atoms with Crippen molar-refractivity contribution in [1.82, 2.24) is 10.2 Å². The van der Waals surface area contributed by atoms with Gasteiger partial charge in [0.1, 0.15) is 0 Å². The van der Waals surface area contributed by atoms with E-state index in [1.807, 2.05) is 25.1 Å². The van der Waals surface area contributed by atoms with E-state index in [4.69, 9.17) is 9.47 Å². The van der Waals surface area contributed by atoms with Crippen molar-refractivity contribution >= 4 is 17.2 Å². The molecule has 1 amide bonds. The van der Waals surface area contributed by atoms with Gasteiger partial charge >= 0.3 is 0 Å². The summed E-state index contributed by atoms with van der Waals surface area (Å²) >= 11 is 1.75. The molecule has 1 aromatic heterocycles. The van der Waals surface area contributed by atoms with Gasteiger partial charge in [0, 0.05) is 30.6 Å². The predicted molar refractivity (Wildman–Crippen MR) is 129 cm³/mol. The topological polar surface area (TPSA) is 50.8 Å². The highest BCUT2D eigenvalue weighted by Gasteiger charge is 2.50. The Labute approximate surface area is 196 Å². The standard InChI is InChI=1S/C26H36N2O3S/c1-5-30-23-11-19(14-27-15-21-7-6-10-32-21)8-9-22(23)31-16-24(29)28-18-26(4)13-20(28)12-25(2,3)17-26/h6-11,20,27H,5,12-18H2,1-4H3/t20-,26+/m1/s1. The van der Waals surface area contributed by atoms with Crippen LogP contribution in [0, 0.1) is 10.8 Å². The second-order valence-corrected chi connectivity index (χ2v) is 11.5. The molecule has 2 aliphatic rings. The van der Waals surface area contributed by atoms with Gasteiger partial charge in [0.25, 0.3) is 5.91 Å². The van der Waals surface area contributed by atoms with E-state index in [9.17, 15) is 4.79 Å². The minimum atomic E-state index is 0.0586. The first-order valence-corrected chi connectivity index (χ1v) is 12.6. The van der Waals surface area contributed by atoms with Gasteiger partial charge in [-0.15, -0.1) is 11.3 Å². The van der Waals surface area contributed by atoms with Gasteiger partial charge in [-0.25, -0.2) is 0 Å². The first kappa shape index (κ1) is 23.1. The van der Waals surface area contributed by atoms with Crippen molar-refractivity contribution in [2.75, 3.05) is 19.8 Å². The van der Waals surface area contributed by atoms with Gasteiger partial charge < -0.3 is 19.7 Å². The van der Waals surface area contributed by atoms with Gasteiger partial charge in [-0.05, 0) is 66.2 Å². The lowest BCUT2D eigenvalue weighted by molar-refractivity contribution is -0.134. The molecule has 2 fully saturated rings. The van der Waals surface area contributed by atoms with Crippen LogP contribution >= 0.6 is 11.3 Å². The molecule has 0 spiro atoms. The van der Waals surface area contributed by atoms with Crippen LogP contribution in [0.15, 0.2) is 35.7 Å². The monoisotopic (exact) mass is 456 g/mol. The van der Waals surface area contributed by atoms with Crippen LogP contribution in [-0.2, 0) is 17.9 Å². The number of fused-ring (bicyclic) bond motifs is 2. The minimum absolute atomic E-state index is 0.0586. The van der Waals surface area contributed by atoms with Crippen molar-refractivity contribution in [3.05, 3.63) is 46.2 Å². The Morgan fingerprint density at radius 3 is 2.75 bits per heavy atom. The van der Waals surface area contributed by atoms with Crippen LogP contribution in [-0.4, -0.2) is 36.6 Å². The molecular formula is C26H36N2O3S. The Morgan fingerprint density at radius 2 is 2.00 bits per heavy atom. The molecule has 2 atom stereocenters. The van der Waals surface area contributed by atoms with E-state index in [0.29, 0.717) is 29.6 Å². The lowest BCUT2D eigenvalue weighted by Crippen LogP contribution is -2.40. The number of rotatable bonds is 9. The van der Waals surface area contributed by atoms with Gasteiger partial charge in [0.05, 0.1) is 6.61 Å². The molecule has 2 bridgehead atoms. The zero-order chi connectivity index (χ0) is 22.8. The van der Waals surface area contributed by atoms with E-state index in [2.05, 4.69) is 48.5 Å². The summed E-state index contributed by atoms with van der Waals surface area (Å²) in [6.07, 6.45) is 3.36. The molecule has 174 valence electrons. The van der Waals surface area contributed by atoms with Crippen molar-refractivity contribution in [1.29, 1.82) is 0 Å². The highest BCUT2D eigenvalue weighted by atomic mass is 32.1. The molecule has 1 saturated carbocycles. The highest BCUT2D eigenvalue weighted by molar-refractivity contribution is 7.09. The molecule has 1 aliphatic heterocycles. The summed E-state index contributed by atoms with van der Waals surface area (Å²) in [5.74, 6) is 1.42. The maximum Gasteiger partial charge on any atom is 0.260 e. The third kappa shape index (κ3) is 5.46. The number of carbonyl (C=O) groups is 1. The molecule has 5 nitrogen and oxygen atoms in total. The van der Waals surface area contributed by atoms with Crippen LogP contribution in [0.5, 0.6) is 11.5 Å². The number of benzene rings is 1. The number of nitrogens with one attached hydrogen (secondary N) is 1. The summed E-state index contributed by atoms with van der Waals surface area (Å²) in [6, 6.07) is 10.5. The van der Waals surface area contributed by atoms with Crippen LogP contribution in [0.1, 0.15) is 57.4 Å². The molecular weight excluding hydrogens is 420 g/mol. The molecule has 4 rings (SSSR count). The van der Waals surface area contributed by atoms with Gasteiger partial charge in [-0.1, -0.05) is 32.9 Å². The summed E-state index contributed by atoms with van der Waals surface area (Å²) in [4.78, 5) is 16.4. The number of likely N-dealkylation sites (tertiary alicyclic amines) is 1. The minimum Gasteiger partial charge on any atom is -0.490 e. The Kier molecular flexibility index (Phi) is 6.82. The highest BCUT2D eigenvalue weighted by Crippen LogP contribution is 2.52. The van der Waals surface area contributed by atoms with E-state index >= 15 is 0 Å². The average molecular weight is 457 g/mol. The maximum atomic E-state index is 13.1. The van der Waals surface area contributed by atoms with Crippen molar-refractivity contribution in [3.63, 3.8) is 0 Å². The summed E-state index contributed by atoms with van der Waals surface area (Å²) < 4.78 is 11.8. The Balaban J connectivity index is 1.35. The van der Waals surface area contributed by atoms with Crippen LogP contribution in [0.4, 0.5) is 0 Å². The van der Waals surface area contributed by atoms with Crippen LogP contribution in [0.2, 0.25) is 0 Å². The SMILES string of the molecule is CCOc1cc(CNCc2cccs2)ccc1OCC(=O)N1C[C@@]2(C)C[C@H]1CC(C)(C)C2. The quantitative estimate of drug-likeness (QED) is 0.560. The first-order valence-electron chi connectivity index (χ1n) is 11.7. The summed E-state index contributed by atoms with van der Waals surface area (Å²) in [5, 5.41) is 5.56. The molecule has 1 aliphatic carbocycles. The molecule has 1 saturated heterocycles. The van der Waals surface area contributed by atoms with Crippen molar-refractivity contribution in [2.24, 2.45) is 10.8 Å². The third-order valence-corrected chi connectivity index (χ3v) is 7.48. The molecule has 0 unspecified atom stereocenters. The summed E-state index contributed by atoms with van der Waals surface area (Å²) in [5.41, 5.74) is 1.66. The second kappa shape index (κ2) is 9.44. The largest absolute Gasteiger partial charge is 0.490 e. The lowest BCUT2D eigenvalue weighted by atomic mass is 9.65. The van der Waals surface area contributed by atoms with E-state index in [0.717, 1.165) is 38.0 Å². The predicted octanol–water partition coefficient (Wildman–Crippen LogP) is 5.24. The fraction of sp³-hybridized carbons (Fsp3) is 0.577. The Morgan fingerprint density at radius 1 is 1.16 bits per heavy atom. The van der Waals surface area contributed by atoms with E-state index in [1.54, 1.807) is 11.3 Å². The van der Waals surface area contributed by atoms with Gasteiger partial charge in [0.15, 0.2) is 18.1 Å². The number of nitrogens with zero attached hydrogens (tertiary/aromatic N) is 1. The Bertz CT molecular complexity index is 927. The molecule has 1 N–H and O–H groups in total. The zero-order valence-corrected chi connectivity index (χ0v) is 20.6. The summed E-state index contributed by atoms with van der Waals surface area (Å²) in [6.45, 7) is 12.0. The third-order valence-electron chi connectivity index (χ3n) is 6.60. The van der Waals surface area contributed by atoms with Crippen LogP contribution in [0.25, 0.3) is 0 Å². The van der Waals surface area contributed by atoms with Gasteiger partial charge in [0.2, 0.25) is 0 Å². The number of amides is 1.